The Bertz CT molecular complexity index is 590. The zero-order chi connectivity index (χ0) is 19.4. The molecule has 2 nitrogen and oxygen atoms in total. The molecule has 0 spiro atoms. The molecule has 7 atom stereocenters. The zero-order valence-electron chi connectivity index (χ0n) is 18.3. The fraction of sp³-hybridized carbons (Fsp3) is 0.920. The summed E-state index contributed by atoms with van der Waals surface area (Å²) in [5, 5.41) is 10.2. The Balaban J connectivity index is 1.49. The molecule has 0 heterocycles. The minimum atomic E-state index is -0.0858. The second-order valence-electron chi connectivity index (χ2n) is 11.9. The standard InChI is InChI=1S/C25H43NO/c1-23(2,26)13-5-6-17-8-10-21-20-9-7-18-16-19(27)11-14-25(18,4)22(20)12-15-24(17,21)3/h7,17,19-22,27H,5-6,8-16,26H2,1-4H3/t17-,19-,20-,21-,22-,24+,25-/m0/s1. The number of fused-ring (bicyclic) bond motifs is 5. The smallest absolute Gasteiger partial charge is 0.0577 e. The number of allylic oxidation sites excluding steroid dienone is 1. The molecule has 4 rings (SSSR count). The molecule has 0 aliphatic heterocycles. The molecule has 2 heteroatoms. The molecule has 0 aromatic heterocycles. The van der Waals surface area contributed by atoms with Gasteiger partial charge in [-0.3, -0.25) is 0 Å². The van der Waals surface area contributed by atoms with E-state index in [1.54, 1.807) is 5.57 Å². The van der Waals surface area contributed by atoms with Gasteiger partial charge in [-0.05, 0) is 113 Å². The van der Waals surface area contributed by atoms with Crippen LogP contribution in [0.2, 0.25) is 0 Å². The molecule has 0 aromatic carbocycles. The van der Waals surface area contributed by atoms with Crippen molar-refractivity contribution in [2.24, 2.45) is 40.2 Å². The van der Waals surface area contributed by atoms with Crippen molar-refractivity contribution in [3.63, 3.8) is 0 Å². The van der Waals surface area contributed by atoms with Gasteiger partial charge in [-0.15, -0.1) is 0 Å². The predicted octanol–water partition coefficient (Wildman–Crippen LogP) is 5.83. The predicted molar refractivity (Wildman–Crippen MR) is 113 cm³/mol. The van der Waals surface area contributed by atoms with Crippen molar-refractivity contribution in [3.05, 3.63) is 11.6 Å². The van der Waals surface area contributed by atoms with E-state index in [2.05, 4.69) is 33.8 Å². The molecule has 4 aliphatic rings. The van der Waals surface area contributed by atoms with Crippen LogP contribution < -0.4 is 5.73 Å². The number of hydrogen-bond acceptors (Lipinski definition) is 2. The SMILES string of the molecule is CC(C)(N)CCC[C@H]1CC[C@H]2[C@@H]3CC=C4C[C@@H](O)CC[C@]4(C)[C@H]3CC[C@]12C. The van der Waals surface area contributed by atoms with Gasteiger partial charge in [0, 0.05) is 5.54 Å². The molecule has 0 saturated heterocycles. The molecule has 0 amide bonds. The van der Waals surface area contributed by atoms with Crippen molar-refractivity contribution in [3.8, 4) is 0 Å². The van der Waals surface area contributed by atoms with Gasteiger partial charge in [0.1, 0.15) is 0 Å². The highest BCUT2D eigenvalue weighted by molar-refractivity contribution is 5.25. The molecule has 0 aromatic rings. The van der Waals surface area contributed by atoms with Gasteiger partial charge in [0.25, 0.3) is 0 Å². The average molecular weight is 374 g/mol. The van der Waals surface area contributed by atoms with Gasteiger partial charge in [0.15, 0.2) is 0 Å². The third kappa shape index (κ3) is 3.44. The molecular weight excluding hydrogens is 330 g/mol. The quantitative estimate of drug-likeness (QED) is 0.609. The number of aliphatic hydroxyl groups excluding tert-OH is 1. The van der Waals surface area contributed by atoms with Crippen LogP contribution in [0.25, 0.3) is 0 Å². The molecule has 27 heavy (non-hydrogen) atoms. The maximum absolute atomic E-state index is 10.2. The third-order valence-electron chi connectivity index (χ3n) is 9.65. The second-order valence-corrected chi connectivity index (χ2v) is 11.9. The Morgan fingerprint density at radius 1 is 1.11 bits per heavy atom. The Kier molecular flexibility index (Phi) is 5.08. The van der Waals surface area contributed by atoms with Gasteiger partial charge in [-0.2, -0.15) is 0 Å². The summed E-state index contributed by atoms with van der Waals surface area (Å²) in [6.07, 6.45) is 16.5. The highest BCUT2D eigenvalue weighted by Gasteiger charge is 2.58. The summed E-state index contributed by atoms with van der Waals surface area (Å²) in [5.41, 5.74) is 8.77. The number of rotatable bonds is 4. The van der Waals surface area contributed by atoms with E-state index in [9.17, 15) is 5.11 Å². The summed E-state index contributed by atoms with van der Waals surface area (Å²) in [6, 6.07) is 0. The summed E-state index contributed by atoms with van der Waals surface area (Å²) >= 11 is 0. The second kappa shape index (κ2) is 6.87. The number of hydrogen-bond donors (Lipinski definition) is 2. The summed E-state index contributed by atoms with van der Waals surface area (Å²) in [5.74, 6) is 3.60. The molecule has 0 radical (unpaired) electrons. The van der Waals surface area contributed by atoms with Crippen LogP contribution in [0, 0.1) is 34.5 Å². The lowest BCUT2D eigenvalue weighted by Crippen LogP contribution is -2.50. The van der Waals surface area contributed by atoms with E-state index in [1.807, 2.05) is 0 Å². The highest BCUT2D eigenvalue weighted by atomic mass is 16.3. The Hall–Kier alpha value is -0.340. The summed E-state index contributed by atoms with van der Waals surface area (Å²) in [4.78, 5) is 0. The lowest BCUT2D eigenvalue weighted by molar-refractivity contribution is -0.0509. The molecule has 0 bridgehead atoms. The Morgan fingerprint density at radius 3 is 2.63 bits per heavy atom. The molecule has 4 aliphatic carbocycles. The summed E-state index contributed by atoms with van der Waals surface area (Å²) in [6.45, 7) is 9.53. The maximum atomic E-state index is 10.2. The first kappa shape index (κ1) is 20.0. The lowest BCUT2D eigenvalue weighted by atomic mass is 9.47. The molecule has 3 saturated carbocycles. The topological polar surface area (TPSA) is 46.2 Å². The van der Waals surface area contributed by atoms with Crippen LogP contribution in [0.15, 0.2) is 11.6 Å². The van der Waals surface area contributed by atoms with Gasteiger partial charge < -0.3 is 10.8 Å². The molecule has 0 unspecified atom stereocenters. The van der Waals surface area contributed by atoms with Crippen LogP contribution in [0.1, 0.15) is 98.3 Å². The van der Waals surface area contributed by atoms with Crippen molar-refractivity contribution in [1.82, 2.24) is 0 Å². The van der Waals surface area contributed by atoms with Crippen LogP contribution in [0.5, 0.6) is 0 Å². The first-order chi connectivity index (χ1) is 12.6. The van der Waals surface area contributed by atoms with E-state index in [4.69, 9.17) is 5.73 Å². The van der Waals surface area contributed by atoms with Gasteiger partial charge in [-0.1, -0.05) is 31.9 Å². The Morgan fingerprint density at radius 2 is 1.89 bits per heavy atom. The van der Waals surface area contributed by atoms with Crippen LogP contribution >= 0.6 is 0 Å². The lowest BCUT2D eigenvalue weighted by Gasteiger charge is -2.58. The van der Waals surface area contributed by atoms with Crippen molar-refractivity contribution >= 4 is 0 Å². The first-order valence-electron chi connectivity index (χ1n) is 11.8. The van der Waals surface area contributed by atoms with Crippen molar-refractivity contribution < 1.29 is 5.11 Å². The van der Waals surface area contributed by atoms with Gasteiger partial charge in [0.2, 0.25) is 0 Å². The third-order valence-corrected chi connectivity index (χ3v) is 9.65. The van der Waals surface area contributed by atoms with Crippen molar-refractivity contribution in [1.29, 1.82) is 0 Å². The number of aliphatic hydroxyl groups is 1. The van der Waals surface area contributed by atoms with Crippen molar-refractivity contribution in [2.75, 3.05) is 0 Å². The van der Waals surface area contributed by atoms with E-state index in [0.29, 0.717) is 10.8 Å². The van der Waals surface area contributed by atoms with Crippen LogP contribution in [-0.2, 0) is 0 Å². The molecule has 154 valence electrons. The number of nitrogens with two attached hydrogens (primary N) is 1. The van der Waals surface area contributed by atoms with Gasteiger partial charge in [0.05, 0.1) is 6.10 Å². The van der Waals surface area contributed by atoms with E-state index < -0.39 is 0 Å². The fourth-order valence-corrected chi connectivity index (χ4v) is 8.03. The monoisotopic (exact) mass is 373 g/mol. The van der Waals surface area contributed by atoms with E-state index >= 15 is 0 Å². The van der Waals surface area contributed by atoms with Crippen LogP contribution in [0.4, 0.5) is 0 Å². The van der Waals surface area contributed by atoms with E-state index in [0.717, 1.165) is 42.9 Å². The highest BCUT2D eigenvalue weighted by Crippen LogP contribution is 2.66. The molecular formula is C25H43NO. The van der Waals surface area contributed by atoms with E-state index in [1.165, 1.54) is 51.4 Å². The fourth-order valence-electron chi connectivity index (χ4n) is 8.03. The summed E-state index contributed by atoms with van der Waals surface area (Å²) < 4.78 is 0. The Labute approximate surface area is 167 Å². The normalized spacial score (nSPS) is 47.0. The minimum absolute atomic E-state index is 0.0126. The molecule has 3 N–H and O–H groups in total. The minimum Gasteiger partial charge on any atom is -0.393 e. The van der Waals surface area contributed by atoms with Gasteiger partial charge in [-0.25, -0.2) is 0 Å². The first-order valence-corrected chi connectivity index (χ1v) is 11.8. The molecule has 3 fully saturated rings. The zero-order valence-corrected chi connectivity index (χ0v) is 18.3. The van der Waals surface area contributed by atoms with Crippen LogP contribution in [0.3, 0.4) is 0 Å². The summed E-state index contributed by atoms with van der Waals surface area (Å²) in [7, 11) is 0. The van der Waals surface area contributed by atoms with Crippen LogP contribution in [-0.4, -0.2) is 16.7 Å². The average Bonchev–Trinajstić information content (AvgIpc) is 2.91. The van der Waals surface area contributed by atoms with Gasteiger partial charge >= 0.3 is 0 Å². The largest absolute Gasteiger partial charge is 0.393 e. The van der Waals surface area contributed by atoms with Crippen molar-refractivity contribution in [2.45, 2.75) is 110 Å². The van der Waals surface area contributed by atoms with E-state index in [-0.39, 0.29) is 11.6 Å². The maximum Gasteiger partial charge on any atom is 0.0577 e.